The Balaban J connectivity index is 1.41. The van der Waals surface area contributed by atoms with Gasteiger partial charge in [0.2, 0.25) is 0 Å². The van der Waals surface area contributed by atoms with Gasteiger partial charge in [-0.25, -0.2) is 0 Å². The molecule has 1 N–H and O–H groups in total. The minimum atomic E-state index is -0.259. The SMILES string of the molecule is O=C(NCCCn1cccn1)c1cc(COc2ccccc2)on1. The molecular weight excluding hydrogens is 308 g/mol. The third-order valence-electron chi connectivity index (χ3n) is 3.32. The molecule has 0 unspecified atom stereocenters. The lowest BCUT2D eigenvalue weighted by Crippen LogP contribution is -2.25. The van der Waals surface area contributed by atoms with E-state index in [-0.39, 0.29) is 18.2 Å². The predicted octanol–water partition coefficient (Wildman–Crippen LogP) is 2.27. The molecule has 0 fully saturated rings. The predicted molar refractivity (Wildman–Crippen MR) is 86.5 cm³/mol. The largest absolute Gasteiger partial charge is 0.486 e. The van der Waals surface area contributed by atoms with Gasteiger partial charge < -0.3 is 14.6 Å². The molecule has 2 aromatic heterocycles. The van der Waals surface area contributed by atoms with Crippen molar-refractivity contribution in [1.29, 1.82) is 0 Å². The van der Waals surface area contributed by atoms with Crippen LogP contribution >= 0.6 is 0 Å². The van der Waals surface area contributed by atoms with Crippen molar-refractivity contribution in [3.63, 3.8) is 0 Å². The number of carbonyl (C=O) groups excluding carboxylic acids is 1. The minimum absolute atomic E-state index is 0.226. The topological polar surface area (TPSA) is 82.2 Å². The number of benzene rings is 1. The first-order valence-corrected chi connectivity index (χ1v) is 7.70. The second-order valence-corrected chi connectivity index (χ2v) is 5.16. The fraction of sp³-hybridized carbons (Fsp3) is 0.235. The summed E-state index contributed by atoms with van der Waals surface area (Å²) in [6.45, 7) is 1.52. The molecule has 7 heteroatoms. The molecule has 1 aromatic carbocycles. The summed E-state index contributed by atoms with van der Waals surface area (Å²) >= 11 is 0. The minimum Gasteiger partial charge on any atom is -0.486 e. The van der Waals surface area contributed by atoms with Crippen molar-refractivity contribution in [2.24, 2.45) is 0 Å². The van der Waals surface area contributed by atoms with Crippen LogP contribution in [0.2, 0.25) is 0 Å². The van der Waals surface area contributed by atoms with Crippen LogP contribution in [-0.2, 0) is 13.2 Å². The Bertz CT molecular complexity index is 753. The fourth-order valence-electron chi connectivity index (χ4n) is 2.13. The molecule has 0 aliphatic carbocycles. The Hall–Kier alpha value is -3.09. The monoisotopic (exact) mass is 326 g/mol. The van der Waals surface area contributed by atoms with Crippen LogP contribution in [0.5, 0.6) is 5.75 Å². The average molecular weight is 326 g/mol. The fourth-order valence-corrected chi connectivity index (χ4v) is 2.13. The number of hydrogen-bond donors (Lipinski definition) is 1. The smallest absolute Gasteiger partial charge is 0.273 e. The van der Waals surface area contributed by atoms with E-state index in [4.69, 9.17) is 9.26 Å². The number of aromatic nitrogens is 3. The van der Waals surface area contributed by atoms with E-state index in [1.54, 1.807) is 12.3 Å². The van der Waals surface area contributed by atoms with Crippen molar-refractivity contribution in [2.45, 2.75) is 19.6 Å². The van der Waals surface area contributed by atoms with E-state index in [9.17, 15) is 4.79 Å². The highest BCUT2D eigenvalue weighted by Crippen LogP contribution is 2.12. The molecule has 0 saturated carbocycles. The molecule has 7 nitrogen and oxygen atoms in total. The Morgan fingerprint density at radius 2 is 2.12 bits per heavy atom. The Morgan fingerprint density at radius 3 is 2.92 bits per heavy atom. The molecular formula is C17H18N4O3. The van der Waals surface area contributed by atoms with E-state index in [1.807, 2.05) is 47.3 Å². The molecule has 124 valence electrons. The van der Waals surface area contributed by atoms with Gasteiger partial charge in [-0.05, 0) is 24.6 Å². The maximum Gasteiger partial charge on any atom is 0.273 e. The summed E-state index contributed by atoms with van der Waals surface area (Å²) in [5, 5.41) is 10.7. The van der Waals surface area contributed by atoms with E-state index in [0.717, 1.165) is 18.7 Å². The third-order valence-corrected chi connectivity index (χ3v) is 3.32. The summed E-state index contributed by atoms with van der Waals surface area (Å²) in [5.74, 6) is 0.976. The zero-order chi connectivity index (χ0) is 16.6. The second-order valence-electron chi connectivity index (χ2n) is 5.16. The quantitative estimate of drug-likeness (QED) is 0.642. The maximum atomic E-state index is 12.0. The lowest BCUT2D eigenvalue weighted by molar-refractivity contribution is 0.0943. The summed E-state index contributed by atoms with van der Waals surface area (Å²) < 4.78 is 12.5. The van der Waals surface area contributed by atoms with Crippen LogP contribution in [0.4, 0.5) is 0 Å². The van der Waals surface area contributed by atoms with E-state index >= 15 is 0 Å². The third kappa shape index (κ3) is 4.45. The highest BCUT2D eigenvalue weighted by molar-refractivity contribution is 5.92. The summed E-state index contributed by atoms with van der Waals surface area (Å²) in [4.78, 5) is 12.0. The van der Waals surface area contributed by atoms with Gasteiger partial charge in [0.05, 0.1) is 0 Å². The normalized spacial score (nSPS) is 10.5. The molecule has 1 amide bonds. The van der Waals surface area contributed by atoms with Crippen molar-refractivity contribution in [3.05, 3.63) is 66.3 Å². The van der Waals surface area contributed by atoms with Crippen LogP contribution in [0.1, 0.15) is 22.7 Å². The van der Waals surface area contributed by atoms with Gasteiger partial charge in [-0.3, -0.25) is 9.48 Å². The van der Waals surface area contributed by atoms with Gasteiger partial charge in [-0.1, -0.05) is 23.4 Å². The van der Waals surface area contributed by atoms with Gasteiger partial charge in [0.1, 0.15) is 12.4 Å². The van der Waals surface area contributed by atoms with Crippen LogP contribution in [-0.4, -0.2) is 27.4 Å². The first kappa shape index (κ1) is 15.8. The number of aryl methyl sites for hydroxylation is 1. The number of hydrogen-bond acceptors (Lipinski definition) is 5. The first-order chi connectivity index (χ1) is 11.8. The summed E-state index contributed by atoms with van der Waals surface area (Å²) in [6, 6.07) is 12.8. The molecule has 0 bridgehead atoms. The molecule has 0 atom stereocenters. The van der Waals surface area contributed by atoms with Gasteiger partial charge >= 0.3 is 0 Å². The number of carbonyl (C=O) groups is 1. The lowest BCUT2D eigenvalue weighted by atomic mass is 10.3. The van der Waals surface area contributed by atoms with E-state index in [1.165, 1.54) is 0 Å². The molecule has 3 aromatic rings. The number of rotatable bonds is 8. The highest BCUT2D eigenvalue weighted by Gasteiger charge is 2.12. The van der Waals surface area contributed by atoms with Crippen LogP contribution in [0.15, 0.2) is 59.4 Å². The van der Waals surface area contributed by atoms with Crippen molar-refractivity contribution < 1.29 is 14.1 Å². The van der Waals surface area contributed by atoms with E-state index < -0.39 is 0 Å². The number of amides is 1. The van der Waals surface area contributed by atoms with E-state index in [0.29, 0.717) is 12.3 Å². The summed E-state index contributed by atoms with van der Waals surface area (Å²) in [7, 11) is 0. The second kappa shape index (κ2) is 7.96. The van der Waals surface area contributed by atoms with Gasteiger partial charge in [0, 0.05) is 31.5 Å². The lowest BCUT2D eigenvalue weighted by Gasteiger charge is -2.03. The molecule has 2 heterocycles. The average Bonchev–Trinajstić information content (AvgIpc) is 3.29. The summed E-state index contributed by atoms with van der Waals surface area (Å²) in [5.41, 5.74) is 0.251. The van der Waals surface area contributed by atoms with Crippen LogP contribution < -0.4 is 10.1 Å². The molecule has 0 aliphatic heterocycles. The van der Waals surface area contributed by atoms with Crippen LogP contribution in [0.3, 0.4) is 0 Å². The molecule has 0 spiro atoms. The van der Waals surface area contributed by atoms with E-state index in [2.05, 4.69) is 15.6 Å². The molecule has 0 radical (unpaired) electrons. The first-order valence-electron chi connectivity index (χ1n) is 7.70. The zero-order valence-electron chi connectivity index (χ0n) is 13.1. The van der Waals surface area contributed by atoms with Gasteiger partial charge in [0.15, 0.2) is 11.5 Å². The van der Waals surface area contributed by atoms with Gasteiger partial charge in [0.25, 0.3) is 5.91 Å². The van der Waals surface area contributed by atoms with Gasteiger partial charge in [-0.15, -0.1) is 0 Å². The summed E-state index contributed by atoms with van der Waals surface area (Å²) in [6.07, 6.45) is 4.40. The number of para-hydroxylation sites is 1. The molecule has 0 saturated heterocycles. The number of nitrogens with zero attached hydrogens (tertiary/aromatic N) is 3. The van der Waals surface area contributed by atoms with Crippen molar-refractivity contribution in [3.8, 4) is 5.75 Å². The van der Waals surface area contributed by atoms with Crippen LogP contribution in [0.25, 0.3) is 0 Å². The van der Waals surface area contributed by atoms with Crippen molar-refractivity contribution in [1.82, 2.24) is 20.3 Å². The molecule has 24 heavy (non-hydrogen) atoms. The Labute approximate surface area is 139 Å². The zero-order valence-corrected chi connectivity index (χ0v) is 13.1. The standard InChI is InChI=1S/C17H18N4O3/c22-17(18-8-4-10-21-11-5-9-19-21)16-12-15(24-20-16)13-23-14-6-2-1-3-7-14/h1-3,5-7,9,11-12H,4,8,10,13H2,(H,18,22). The molecule has 3 rings (SSSR count). The van der Waals surface area contributed by atoms with Crippen LogP contribution in [0, 0.1) is 0 Å². The van der Waals surface area contributed by atoms with Crippen molar-refractivity contribution >= 4 is 5.91 Å². The Morgan fingerprint density at radius 1 is 1.25 bits per heavy atom. The number of ether oxygens (including phenoxy) is 1. The van der Waals surface area contributed by atoms with Crippen molar-refractivity contribution in [2.75, 3.05) is 6.54 Å². The number of nitrogens with one attached hydrogen (secondary N) is 1. The Kier molecular flexibility index (Phi) is 5.24. The highest BCUT2D eigenvalue weighted by atomic mass is 16.5. The van der Waals surface area contributed by atoms with Gasteiger partial charge in [-0.2, -0.15) is 5.10 Å². The molecule has 0 aliphatic rings. The maximum absolute atomic E-state index is 12.0.